The molecule has 0 saturated carbocycles. The highest BCUT2D eigenvalue weighted by Gasteiger charge is 2.19. The van der Waals surface area contributed by atoms with Gasteiger partial charge in [0.15, 0.2) is 0 Å². The number of allylic oxidation sites excluding steroid dienone is 5. The van der Waals surface area contributed by atoms with E-state index < -0.39 is 0 Å². The van der Waals surface area contributed by atoms with Crippen molar-refractivity contribution in [3.05, 3.63) is 103 Å². The van der Waals surface area contributed by atoms with Gasteiger partial charge in [-0.3, -0.25) is 15.1 Å². The Balaban J connectivity index is 1.61. The topological polar surface area (TPSA) is 81.8 Å². The summed E-state index contributed by atoms with van der Waals surface area (Å²) in [5.41, 5.74) is 8.23. The monoisotopic (exact) mass is 446 g/mol. The average Bonchev–Trinajstić information content (AvgIpc) is 3.42. The first kappa shape index (κ1) is 21.4. The Kier molecular flexibility index (Phi) is 5.79. The molecule has 6 heteroatoms. The number of fused-ring (bicyclic) bond motifs is 2. The first-order chi connectivity index (χ1) is 16.7. The van der Waals surface area contributed by atoms with E-state index in [4.69, 9.17) is 0 Å². The van der Waals surface area contributed by atoms with Crippen LogP contribution in [0.3, 0.4) is 0 Å². The molecule has 0 spiro atoms. The first-order valence-electron chi connectivity index (χ1n) is 11.2. The highest BCUT2D eigenvalue weighted by atomic mass is 15.1. The second-order valence-electron chi connectivity index (χ2n) is 8.23. The van der Waals surface area contributed by atoms with Crippen molar-refractivity contribution in [2.75, 3.05) is 12.4 Å². The number of anilines is 1. The maximum Gasteiger partial charge on any atom is 0.116 e. The van der Waals surface area contributed by atoms with Gasteiger partial charge in [0.2, 0.25) is 0 Å². The molecule has 1 atom stereocenters. The predicted molar refractivity (Wildman–Crippen MR) is 142 cm³/mol. The molecule has 0 amide bonds. The fourth-order valence-corrected chi connectivity index (χ4v) is 4.16. The van der Waals surface area contributed by atoms with Crippen molar-refractivity contribution in [1.82, 2.24) is 20.2 Å². The quantitative estimate of drug-likeness (QED) is 0.243. The van der Waals surface area contributed by atoms with Gasteiger partial charge in [-0.1, -0.05) is 31.2 Å². The lowest BCUT2D eigenvalue weighted by atomic mass is 9.98. The summed E-state index contributed by atoms with van der Waals surface area (Å²) in [6.45, 7) is 6.01. The number of benzene rings is 1. The highest BCUT2D eigenvalue weighted by molar-refractivity contribution is 6.11. The molecular weight excluding hydrogens is 420 g/mol. The van der Waals surface area contributed by atoms with E-state index in [1.165, 1.54) is 0 Å². The first-order valence-corrected chi connectivity index (χ1v) is 11.2. The maximum absolute atomic E-state index is 4.65. The van der Waals surface area contributed by atoms with E-state index in [0.717, 1.165) is 55.9 Å². The molecule has 0 radical (unpaired) electrons. The van der Waals surface area contributed by atoms with Crippen LogP contribution >= 0.6 is 0 Å². The van der Waals surface area contributed by atoms with Crippen LogP contribution in [0.1, 0.15) is 23.6 Å². The number of H-pyrrole nitrogens is 2. The number of aromatic nitrogens is 4. The number of aliphatic imine (C=N–C) groups is 1. The van der Waals surface area contributed by atoms with Crippen LogP contribution in [0.5, 0.6) is 0 Å². The molecular formula is C28H26N6. The van der Waals surface area contributed by atoms with Crippen LogP contribution in [-0.4, -0.2) is 33.4 Å². The predicted octanol–water partition coefficient (Wildman–Crippen LogP) is 6.23. The van der Waals surface area contributed by atoms with Gasteiger partial charge in [0.25, 0.3) is 0 Å². The average molecular weight is 447 g/mol. The van der Waals surface area contributed by atoms with Crippen LogP contribution in [0.4, 0.5) is 5.82 Å². The van der Waals surface area contributed by atoms with E-state index >= 15 is 0 Å². The number of pyridine rings is 1. The Labute approximate surface area is 198 Å². The molecule has 1 aliphatic rings. The summed E-state index contributed by atoms with van der Waals surface area (Å²) in [5, 5.41) is 12.2. The summed E-state index contributed by atoms with van der Waals surface area (Å²) in [7, 11) is 1.79. The van der Waals surface area contributed by atoms with Crippen LogP contribution < -0.4 is 5.32 Å². The molecule has 0 unspecified atom stereocenters. The Morgan fingerprint density at radius 2 is 2.00 bits per heavy atom. The van der Waals surface area contributed by atoms with Crippen LogP contribution in [0.15, 0.2) is 90.9 Å². The fraction of sp³-hybridized carbons (Fsp3) is 0.107. The number of hydrogen-bond acceptors (Lipinski definition) is 4. The normalized spacial score (nSPS) is 14.5. The molecule has 4 heterocycles. The zero-order valence-electron chi connectivity index (χ0n) is 19.2. The number of rotatable bonds is 6. The summed E-state index contributed by atoms with van der Waals surface area (Å²) >= 11 is 0. The molecule has 168 valence electrons. The van der Waals surface area contributed by atoms with E-state index in [1.54, 1.807) is 7.05 Å². The molecule has 1 aliphatic heterocycles. The third-order valence-electron chi connectivity index (χ3n) is 5.92. The van der Waals surface area contributed by atoms with Gasteiger partial charge in [0.05, 0.1) is 11.2 Å². The van der Waals surface area contributed by atoms with Gasteiger partial charge in [-0.25, -0.2) is 0 Å². The van der Waals surface area contributed by atoms with Crippen molar-refractivity contribution in [2.24, 2.45) is 10.9 Å². The fourth-order valence-electron chi connectivity index (χ4n) is 4.16. The van der Waals surface area contributed by atoms with Gasteiger partial charge in [-0.15, -0.1) is 6.58 Å². The molecule has 5 rings (SSSR count). The highest BCUT2D eigenvalue weighted by Crippen LogP contribution is 2.36. The molecule has 6 nitrogen and oxygen atoms in total. The van der Waals surface area contributed by atoms with Gasteiger partial charge >= 0.3 is 0 Å². The number of nitrogens with zero attached hydrogens (tertiary/aromatic N) is 3. The molecule has 0 bridgehead atoms. The van der Waals surface area contributed by atoms with Crippen molar-refractivity contribution >= 4 is 34.1 Å². The molecule has 4 aromatic rings. The summed E-state index contributed by atoms with van der Waals surface area (Å²) in [6.07, 6.45) is 15.6. The van der Waals surface area contributed by atoms with E-state index in [-0.39, 0.29) is 5.92 Å². The lowest BCUT2D eigenvalue weighted by Gasteiger charge is -2.06. The Bertz CT molecular complexity index is 1460. The molecule has 3 aromatic heterocycles. The minimum absolute atomic E-state index is 0.240. The van der Waals surface area contributed by atoms with E-state index in [9.17, 15) is 0 Å². The minimum Gasteiger partial charge on any atom is -0.348 e. The maximum atomic E-state index is 4.65. The number of hydrogen-bond donors (Lipinski definition) is 3. The van der Waals surface area contributed by atoms with Crippen molar-refractivity contribution in [1.29, 1.82) is 0 Å². The van der Waals surface area contributed by atoms with Crippen molar-refractivity contribution < 1.29 is 0 Å². The largest absolute Gasteiger partial charge is 0.348 e. The molecule has 0 saturated heterocycles. The van der Waals surface area contributed by atoms with E-state index in [0.29, 0.717) is 0 Å². The summed E-state index contributed by atoms with van der Waals surface area (Å²) in [6, 6.07) is 12.5. The SMILES string of the molecule is C=C[C@H](C)/C=C(\C=NC)c1ccc2[nH]nc(-c3cc4c([nH]3)NC=CC=C4c3ccncc3)c2c1. The van der Waals surface area contributed by atoms with Crippen LogP contribution in [0.2, 0.25) is 0 Å². The van der Waals surface area contributed by atoms with Crippen molar-refractivity contribution in [3.63, 3.8) is 0 Å². The second-order valence-corrected chi connectivity index (χ2v) is 8.23. The molecule has 0 fully saturated rings. The number of aromatic amines is 2. The molecule has 0 aliphatic carbocycles. The zero-order valence-corrected chi connectivity index (χ0v) is 19.2. The van der Waals surface area contributed by atoms with Crippen LogP contribution in [-0.2, 0) is 0 Å². The summed E-state index contributed by atoms with van der Waals surface area (Å²) < 4.78 is 0. The van der Waals surface area contributed by atoms with E-state index in [2.05, 4.69) is 80.4 Å². The van der Waals surface area contributed by atoms with Gasteiger partial charge < -0.3 is 10.3 Å². The van der Waals surface area contributed by atoms with Gasteiger partial charge in [-0.2, -0.15) is 5.10 Å². The minimum atomic E-state index is 0.240. The Morgan fingerprint density at radius 3 is 2.79 bits per heavy atom. The van der Waals surface area contributed by atoms with Gasteiger partial charge in [0, 0.05) is 42.8 Å². The Morgan fingerprint density at radius 1 is 1.15 bits per heavy atom. The van der Waals surface area contributed by atoms with Gasteiger partial charge in [-0.05, 0) is 64.6 Å². The zero-order chi connectivity index (χ0) is 23.5. The van der Waals surface area contributed by atoms with Crippen LogP contribution in [0.25, 0.3) is 33.4 Å². The van der Waals surface area contributed by atoms with Crippen molar-refractivity contribution in [3.8, 4) is 11.4 Å². The van der Waals surface area contributed by atoms with Crippen molar-refractivity contribution in [2.45, 2.75) is 6.92 Å². The standard InChI is InChI=1S/C28H26N6/c1-4-18(2)14-21(17-29-3)20-7-8-25-24(15-20)27(34-33-25)26-16-23-22(19-9-12-30-13-10-19)6-5-11-31-28(23)32-26/h4-18,31-32H,1H2,2-3H3,(H,33,34)/b21-14+,29-17?/t18-/m0/s1. The molecule has 3 N–H and O–H groups in total. The summed E-state index contributed by atoms with van der Waals surface area (Å²) in [5.74, 6) is 1.17. The lowest BCUT2D eigenvalue weighted by Crippen LogP contribution is -1.92. The lowest BCUT2D eigenvalue weighted by molar-refractivity contribution is 0.948. The summed E-state index contributed by atoms with van der Waals surface area (Å²) in [4.78, 5) is 11.9. The molecule has 34 heavy (non-hydrogen) atoms. The third-order valence-corrected chi connectivity index (χ3v) is 5.92. The van der Waals surface area contributed by atoms with Gasteiger partial charge in [0.1, 0.15) is 11.5 Å². The smallest absolute Gasteiger partial charge is 0.116 e. The number of nitrogens with one attached hydrogen (secondary N) is 3. The van der Waals surface area contributed by atoms with E-state index in [1.807, 2.05) is 49.1 Å². The second kappa shape index (κ2) is 9.19. The Hall–Kier alpha value is -4.45. The van der Waals surface area contributed by atoms with Crippen LogP contribution in [0, 0.1) is 5.92 Å². The molecule has 1 aromatic carbocycles. The third kappa shape index (κ3) is 4.01.